The zero-order valence-corrected chi connectivity index (χ0v) is 11.0. The van der Waals surface area contributed by atoms with Crippen LogP contribution in [-0.4, -0.2) is 35.5 Å². The van der Waals surface area contributed by atoms with Gasteiger partial charge in [-0.3, -0.25) is 4.79 Å². The second-order valence-electron chi connectivity index (χ2n) is 4.79. The minimum atomic E-state index is -0.0692. The monoisotopic (exact) mass is 248 g/mol. The molecule has 0 unspecified atom stereocenters. The smallest absolute Gasteiger partial charge is 0.254 e. The van der Waals surface area contributed by atoms with Crippen LogP contribution in [0.5, 0.6) is 0 Å². The molecule has 1 aliphatic carbocycles. The highest BCUT2D eigenvalue weighted by atomic mass is 16.1. The molecule has 2 rings (SSSR count). The molecule has 1 aliphatic rings. The Morgan fingerprint density at radius 1 is 1.44 bits per heavy atom. The van der Waals surface area contributed by atoms with E-state index in [1.165, 1.54) is 0 Å². The van der Waals surface area contributed by atoms with E-state index in [0.717, 1.165) is 32.2 Å². The lowest BCUT2D eigenvalue weighted by Crippen LogP contribution is -2.26. The summed E-state index contributed by atoms with van der Waals surface area (Å²) < 4.78 is 0. The predicted octanol–water partition coefficient (Wildman–Crippen LogP) is 1.61. The summed E-state index contributed by atoms with van der Waals surface area (Å²) in [6.07, 6.45) is 7.63. The molecule has 1 N–H and O–H groups in total. The van der Waals surface area contributed by atoms with Crippen molar-refractivity contribution < 1.29 is 4.79 Å². The molecule has 1 aromatic heterocycles. The quantitative estimate of drug-likeness (QED) is 0.831. The van der Waals surface area contributed by atoms with Crippen LogP contribution in [0.1, 0.15) is 43.0 Å². The molecule has 0 atom stereocenters. The highest BCUT2D eigenvalue weighted by Gasteiger charge is 2.24. The first-order valence-electron chi connectivity index (χ1n) is 6.54. The van der Waals surface area contributed by atoms with Gasteiger partial charge in [-0.05, 0) is 19.3 Å². The fourth-order valence-corrected chi connectivity index (χ4v) is 1.63. The van der Waals surface area contributed by atoms with Gasteiger partial charge < -0.3 is 10.2 Å². The average molecular weight is 248 g/mol. The van der Waals surface area contributed by atoms with Crippen molar-refractivity contribution >= 4 is 11.9 Å². The van der Waals surface area contributed by atoms with Gasteiger partial charge in [0.15, 0.2) is 0 Å². The molecule has 1 saturated carbocycles. The SMILES string of the molecule is CCCCN(C)c1ncc(C(=O)NC2CC2)cn1. The summed E-state index contributed by atoms with van der Waals surface area (Å²) >= 11 is 0. The number of hydrogen-bond acceptors (Lipinski definition) is 4. The number of rotatable bonds is 6. The third kappa shape index (κ3) is 3.42. The van der Waals surface area contributed by atoms with Crippen molar-refractivity contribution in [1.82, 2.24) is 15.3 Å². The first kappa shape index (κ1) is 12.8. The number of carbonyl (C=O) groups is 1. The van der Waals surface area contributed by atoms with E-state index >= 15 is 0 Å². The number of hydrogen-bond donors (Lipinski definition) is 1. The van der Waals surface area contributed by atoms with Crippen LogP contribution in [0.2, 0.25) is 0 Å². The largest absolute Gasteiger partial charge is 0.349 e. The van der Waals surface area contributed by atoms with Gasteiger partial charge in [-0.2, -0.15) is 0 Å². The molecule has 0 aliphatic heterocycles. The molecule has 0 spiro atoms. The Kier molecular flexibility index (Phi) is 4.12. The first-order valence-corrected chi connectivity index (χ1v) is 6.54. The van der Waals surface area contributed by atoms with E-state index in [0.29, 0.717) is 17.6 Å². The maximum absolute atomic E-state index is 11.7. The molecule has 1 heterocycles. The van der Waals surface area contributed by atoms with Gasteiger partial charge in [-0.15, -0.1) is 0 Å². The van der Waals surface area contributed by atoms with E-state index in [-0.39, 0.29) is 5.91 Å². The van der Waals surface area contributed by atoms with Gasteiger partial charge in [-0.1, -0.05) is 13.3 Å². The van der Waals surface area contributed by atoms with Crippen molar-refractivity contribution in [1.29, 1.82) is 0 Å². The maximum atomic E-state index is 11.7. The van der Waals surface area contributed by atoms with Crippen LogP contribution < -0.4 is 10.2 Å². The fourth-order valence-electron chi connectivity index (χ4n) is 1.63. The Labute approximate surface area is 108 Å². The Morgan fingerprint density at radius 2 is 2.11 bits per heavy atom. The molecule has 1 fully saturated rings. The molecule has 98 valence electrons. The zero-order chi connectivity index (χ0) is 13.0. The molecule has 1 aromatic rings. The Morgan fingerprint density at radius 3 is 2.67 bits per heavy atom. The Balaban J connectivity index is 1.93. The number of anilines is 1. The minimum absolute atomic E-state index is 0.0692. The number of unbranched alkanes of at least 4 members (excludes halogenated alkanes) is 1. The van der Waals surface area contributed by atoms with Gasteiger partial charge in [0, 0.05) is 32.0 Å². The van der Waals surface area contributed by atoms with Crippen LogP contribution >= 0.6 is 0 Å². The first-order chi connectivity index (χ1) is 8.70. The van der Waals surface area contributed by atoms with Crippen molar-refractivity contribution in [2.75, 3.05) is 18.5 Å². The summed E-state index contributed by atoms with van der Waals surface area (Å²) in [4.78, 5) is 22.2. The van der Waals surface area contributed by atoms with Crippen molar-refractivity contribution in [3.63, 3.8) is 0 Å². The number of nitrogens with zero attached hydrogens (tertiary/aromatic N) is 3. The topological polar surface area (TPSA) is 58.1 Å². The van der Waals surface area contributed by atoms with Crippen LogP contribution in [-0.2, 0) is 0 Å². The molecule has 5 nitrogen and oxygen atoms in total. The third-order valence-electron chi connectivity index (χ3n) is 3.00. The molecule has 1 amide bonds. The Hall–Kier alpha value is -1.65. The standard InChI is InChI=1S/C13H20N4O/c1-3-4-7-17(2)13-14-8-10(9-15-13)12(18)16-11-5-6-11/h8-9,11H,3-7H2,1-2H3,(H,16,18). The van der Waals surface area contributed by atoms with Gasteiger partial charge in [0.2, 0.25) is 5.95 Å². The lowest BCUT2D eigenvalue weighted by atomic mass is 10.3. The third-order valence-corrected chi connectivity index (χ3v) is 3.00. The van der Waals surface area contributed by atoms with Gasteiger partial charge >= 0.3 is 0 Å². The minimum Gasteiger partial charge on any atom is -0.349 e. The van der Waals surface area contributed by atoms with Crippen molar-refractivity contribution in [2.45, 2.75) is 38.6 Å². The second-order valence-corrected chi connectivity index (χ2v) is 4.79. The highest BCUT2D eigenvalue weighted by molar-refractivity contribution is 5.94. The maximum Gasteiger partial charge on any atom is 0.254 e. The van der Waals surface area contributed by atoms with E-state index in [1.807, 2.05) is 11.9 Å². The Bertz CT molecular complexity index is 400. The number of carbonyl (C=O) groups excluding carboxylic acids is 1. The predicted molar refractivity (Wildman–Crippen MR) is 70.7 cm³/mol. The summed E-state index contributed by atoms with van der Waals surface area (Å²) in [6.45, 7) is 3.09. The van der Waals surface area contributed by atoms with Gasteiger partial charge in [-0.25, -0.2) is 9.97 Å². The van der Waals surface area contributed by atoms with E-state index in [2.05, 4.69) is 22.2 Å². The van der Waals surface area contributed by atoms with Gasteiger partial charge in [0.05, 0.1) is 5.56 Å². The normalized spacial score (nSPS) is 14.3. The van der Waals surface area contributed by atoms with E-state index in [9.17, 15) is 4.79 Å². The van der Waals surface area contributed by atoms with Crippen LogP contribution in [0.15, 0.2) is 12.4 Å². The summed E-state index contributed by atoms with van der Waals surface area (Å²) in [7, 11) is 1.97. The zero-order valence-electron chi connectivity index (χ0n) is 11.0. The second kappa shape index (κ2) is 5.80. The van der Waals surface area contributed by atoms with Crippen LogP contribution in [0.3, 0.4) is 0 Å². The van der Waals surface area contributed by atoms with E-state index < -0.39 is 0 Å². The molecule has 0 bridgehead atoms. The molecular weight excluding hydrogens is 228 g/mol. The summed E-state index contributed by atoms with van der Waals surface area (Å²) in [5.41, 5.74) is 0.537. The van der Waals surface area contributed by atoms with Crippen molar-refractivity contribution in [3.05, 3.63) is 18.0 Å². The lowest BCUT2D eigenvalue weighted by molar-refractivity contribution is 0.0950. The molecule has 18 heavy (non-hydrogen) atoms. The highest BCUT2D eigenvalue weighted by Crippen LogP contribution is 2.19. The summed E-state index contributed by atoms with van der Waals surface area (Å²) in [6, 6.07) is 0.365. The number of nitrogens with one attached hydrogen (secondary N) is 1. The van der Waals surface area contributed by atoms with E-state index in [4.69, 9.17) is 0 Å². The van der Waals surface area contributed by atoms with Crippen LogP contribution in [0.4, 0.5) is 5.95 Å². The summed E-state index contributed by atoms with van der Waals surface area (Å²) in [5, 5.41) is 2.92. The van der Waals surface area contributed by atoms with Crippen LogP contribution in [0, 0.1) is 0 Å². The molecule has 0 aromatic carbocycles. The lowest BCUT2D eigenvalue weighted by Gasteiger charge is -2.16. The fraction of sp³-hybridized carbons (Fsp3) is 0.615. The molecule has 0 saturated heterocycles. The molecule has 0 radical (unpaired) electrons. The average Bonchev–Trinajstić information content (AvgIpc) is 3.20. The van der Waals surface area contributed by atoms with Crippen molar-refractivity contribution in [3.8, 4) is 0 Å². The molecular formula is C13H20N4O. The number of amides is 1. The van der Waals surface area contributed by atoms with Gasteiger partial charge in [0.1, 0.15) is 0 Å². The number of aromatic nitrogens is 2. The van der Waals surface area contributed by atoms with Gasteiger partial charge in [0.25, 0.3) is 5.91 Å². The van der Waals surface area contributed by atoms with Crippen molar-refractivity contribution in [2.24, 2.45) is 0 Å². The molecule has 5 heteroatoms. The van der Waals surface area contributed by atoms with E-state index in [1.54, 1.807) is 12.4 Å². The summed E-state index contributed by atoms with van der Waals surface area (Å²) in [5.74, 6) is 0.603. The van der Waals surface area contributed by atoms with Crippen LogP contribution in [0.25, 0.3) is 0 Å².